The zero-order chi connectivity index (χ0) is 22.0. The molecule has 158 valence electrons. The molecule has 2 N–H and O–H groups in total. The standard InChI is InChI=1S/C21H16ClFN4O3S/c22-15-8-9-20-25-16(13-27(20)12-15)11-24-21(28)14-4-3-5-17(10-14)31(29,30)26-19-7-2-1-6-18(19)23/h1-10,12-13,26H,11H2,(H,24,28). The maximum absolute atomic E-state index is 13.8. The first-order valence-corrected chi connectivity index (χ1v) is 11.0. The number of benzene rings is 2. The Morgan fingerprint density at radius 2 is 1.87 bits per heavy atom. The van der Waals surface area contributed by atoms with E-state index < -0.39 is 21.7 Å². The second-order valence-electron chi connectivity index (χ2n) is 6.64. The molecule has 0 atom stereocenters. The van der Waals surface area contributed by atoms with Gasteiger partial charge in [0.05, 0.1) is 27.8 Å². The Labute approximate surface area is 182 Å². The van der Waals surface area contributed by atoms with Crippen LogP contribution in [0.15, 0.2) is 78.0 Å². The van der Waals surface area contributed by atoms with Crippen LogP contribution in [0.5, 0.6) is 0 Å². The minimum absolute atomic E-state index is 0.141. The average Bonchev–Trinajstić information content (AvgIpc) is 3.15. The zero-order valence-corrected chi connectivity index (χ0v) is 17.5. The molecule has 4 rings (SSSR count). The molecule has 0 fully saturated rings. The number of anilines is 1. The number of fused-ring (bicyclic) bond motifs is 1. The number of hydrogen-bond acceptors (Lipinski definition) is 4. The highest BCUT2D eigenvalue weighted by molar-refractivity contribution is 7.92. The van der Waals surface area contributed by atoms with Crippen molar-refractivity contribution in [1.82, 2.24) is 14.7 Å². The molecule has 31 heavy (non-hydrogen) atoms. The van der Waals surface area contributed by atoms with E-state index in [-0.39, 0.29) is 22.7 Å². The summed E-state index contributed by atoms with van der Waals surface area (Å²) in [5.74, 6) is -1.17. The van der Waals surface area contributed by atoms with Crippen molar-refractivity contribution in [2.24, 2.45) is 0 Å². The van der Waals surface area contributed by atoms with Crippen molar-refractivity contribution in [1.29, 1.82) is 0 Å². The van der Waals surface area contributed by atoms with Crippen LogP contribution >= 0.6 is 11.6 Å². The lowest BCUT2D eigenvalue weighted by molar-refractivity contribution is 0.0950. The largest absolute Gasteiger partial charge is 0.346 e. The monoisotopic (exact) mass is 458 g/mol. The van der Waals surface area contributed by atoms with Gasteiger partial charge in [0, 0.05) is 18.0 Å². The van der Waals surface area contributed by atoms with Crippen LogP contribution in [-0.2, 0) is 16.6 Å². The summed E-state index contributed by atoms with van der Waals surface area (Å²) in [4.78, 5) is 16.8. The number of sulfonamides is 1. The van der Waals surface area contributed by atoms with E-state index >= 15 is 0 Å². The fourth-order valence-electron chi connectivity index (χ4n) is 2.93. The number of carbonyl (C=O) groups excluding carboxylic acids is 1. The summed E-state index contributed by atoms with van der Waals surface area (Å²) in [5, 5.41) is 3.26. The second-order valence-corrected chi connectivity index (χ2v) is 8.76. The molecule has 0 saturated carbocycles. The van der Waals surface area contributed by atoms with E-state index in [1.54, 1.807) is 28.9 Å². The molecule has 7 nitrogen and oxygen atoms in total. The van der Waals surface area contributed by atoms with E-state index in [9.17, 15) is 17.6 Å². The predicted octanol–water partition coefficient (Wildman–Crippen LogP) is 3.86. The highest BCUT2D eigenvalue weighted by Crippen LogP contribution is 2.20. The molecule has 0 aliphatic heterocycles. The highest BCUT2D eigenvalue weighted by atomic mass is 35.5. The van der Waals surface area contributed by atoms with E-state index in [1.165, 1.54) is 42.5 Å². The summed E-state index contributed by atoms with van der Waals surface area (Å²) in [5.41, 5.74) is 1.26. The normalized spacial score (nSPS) is 11.4. The minimum Gasteiger partial charge on any atom is -0.346 e. The summed E-state index contributed by atoms with van der Waals surface area (Å²) >= 11 is 5.95. The third-order valence-electron chi connectivity index (χ3n) is 4.42. The van der Waals surface area contributed by atoms with E-state index in [1.807, 2.05) is 0 Å². The van der Waals surface area contributed by atoms with Gasteiger partial charge in [-0.2, -0.15) is 0 Å². The number of nitrogens with zero attached hydrogens (tertiary/aromatic N) is 2. The van der Waals surface area contributed by atoms with Crippen molar-refractivity contribution in [3.8, 4) is 0 Å². The highest BCUT2D eigenvalue weighted by Gasteiger charge is 2.18. The number of pyridine rings is 1. The number of nitrogens with one attached hydrogen (secondary N) is 2. The Kier molecular flexibility index (Phi) is 5.62. The molecule has 0 aliphatic rings. The number of para-hydroxylation sites is 1. The molecule has 10 heteroatoms. The summed E-state index contributed by atoms with van der Waals surface area (Å²) in [6.45, 7) is 0.141. The Morgan fingerprint density at radius 3 is 2.68 bits per heavy atom. The number of amides is 1. The SMILES string of the molecule is O=C(NCc1cn2cc(Cl)ccc2n1)c1cccc(S(=O)(=O)Nc2ccccc2F)c1. The van der Waals surface area contributed by atoms with Crippen LogP contribution in [-0.4, -0.2) is 23.7 Å². The summed E-state index contributed by atoms with van der Waals surface area (Å²) < 4.78 is 42.9. The number of imidazole rings is 1. The molecule has 2 aromatic carbocycles. The van der Waals surface area contributed by atoms with Gasteiger partial charge >= 0.3 is 0 Å². The fraction of sp³-hybridized carbons (Fsp3) is 0.0476. The molecule has 0 saturated heterocycles. The van der Waals surface area contributed by atoms with Gasteiger partial charge in [0.25, 0.3) is 15.9 Å². The van der Waals surface area contributed by atoms with Crippen LogP contribution in [0.1, 0.15) is 16.1 Å². The average molecular weight is 459 g/mol. The van der Waals surface area contributed by atoms with Gasteiger partial charge in [0.1, 0.15) is 11.5 Å². The van der Waals surface area contributed by atoms with Gasteiger partial charge in [0.15, 0.2) is 0 Å². The predicted molar refractivity (Wildman–Crippen MR) is 115 cm³/mol. The lowest BCUT2D eigenvalue weighted by atomic mass is 10.2. The van der Waals surface area contributed by atoms with Crippen LogP contribution in [0, 0.1) is 5.82 Å². The number of halogens is 2. The summed E-state index contributed by atoms with van der Waals surface area (Å²) in [6, 6.07) is 14.4. The molecular formula is C21H16ClFN4O3S. The van der Waals surface area contributed by atoms with Crippen LogP contribution in [0.25, 0.3) is 5.65 Å². The third-order valence-corrected chi connectivity index (χ3v) is 6.01. The maximum atomic E-state index is 13.8. The van der Waals surface area contributed by atoms with Gasteiger partial charge in [-0.05, 0) is 42.5 Å². The van der Waals surface area contributed by atoms with E-state index in [0.717, 1.165) is 6.07 Å². The minimum atomic E-state index is -4.08. The van der Waals surface area contributed by atoms with Crippen LogP contribution in [0.4, 0.5) is 10.1 Å². The Hall–Kier alpha value is -3.43. The van der Waals surface area contributed by atoms with Gasteiger partial charge < -0.3 is 9.72 Å². The number of hydrogen-bond donors (Lipinski definition) is 2. The molecule has 0 unspecified atom stereocenters. The molecule has 1 amide bonds. The van der Waals surface area contributed by atoms with Crippen molar-refractivity contribution in [3.05, 3.63) is 95.2 Å². The smallest absolute Gasteiger partial charge is 0.262 e. The van der Waals surface area contributed by atoms with Crippen LogP contribution < -0.4 is 10.0 Å². The molecule has 2 aromatic heterocycles. The Morgan fingerprint density at radius 1 is 1.06 bits per heavy atom. The van der Waals surface area contributed by atoms with Crippen LogP contribution in [0.2, 0.25) is 5.02 Å². The first kappa shape index (κ1) is 20.8. The lowest BCUT2D eigenvalue weighted by Crippen LogP contribution is -2.23. The number of carbonyl (C=O) groups is 1. The van der Waals surface area contributed by atoms with Crippen LogP contribution in [0.3, 0.4) is 0 Å². The topological polar surface area (TPSA) is 92.6 Å². The maximum Gasteiger partial charge on any atom is 0.262 e. The van der Waals surface area contributed by atoms with E-state index in [0.29, 0.717) is 16.4 Å². The van der Waals surface area contributed by atoms with E-state index in [2.05, 4.69) is 15.0 Å². The lowest BCUT2D eigenvalue weighted by Gasteiger charge is -2.10. The molecular weight excluding hydrogens is 443 g/mol. The van der Waals surface area contributed by atoms with Crippen molar-refractivity contribution in [2.45, 2.75) is 11.4 Å². The molecule has 0 spiro atoms. The third kappa shape index (κ3) is 4.68. The second kappa shape index (κ2) is 8.37. The Bertz CT molecular complexity index is 1390. The van der Waals surface area contributed by atoms with Gasteiger partial charge in [-0.1, -0.05) is 29.8 Å². The number of aromatic nitrogens is 2. The quantitative estimate of drug-likeness (QED) is 0.459. The van der Waals surface area contributed by atoms with Gasteiger partial charge in [-0.25, -0.2) is 17.8 Å². The van der Waals surface area contributed by atoms with Crippen molar-refractivity contribution in [2.75, 3.05) is 4.72 Å². The van der Waals surface area contributed by atoms with Gasteiger partial charge in [0.2, 0.25) is 0 Å². The molecule has 0 radical (unpaired) electrons. The molecule has 0 aliphatic carbocycles. The first-order chi connectivity index (χ1) is 14.8. The van der Waals surface area contributed by atoms with E-state index in [4.69, 9.17) is 11.6 Å². The fourth-order valence-corrected chi connectivity index (χ4v) is 4.21. The Balaban J connectivity index is 1.49. The first-order valence-electron chi connectivity index (χ1n) is 9.10. The molecule has 0 bridgehead atoms. The summed E-state index contributed by atoms with van der Waals surface area (Å²) in [6.07, 6.45) is 3.44. The summed E-state index contributed by atoms with van der Waals surface area (Å²) in [7, 11) is -4.08. The van der Waals surface area contributed by atoms with Gasteiger partial charge in [-0.3, -0.25) is 9.52 Å². The molecule has 2 heterocycles. The zero-order valence-electron chi connectivity index (χ0n) is 15.9. The van der Waals surface area contributed by atoms with Crippen molar-refractivity contribution < 1.29 is 17.6 Å². The molecule has 4 aromatic rings. The van der Waals surface area contributed by atoms with Crippen molar-refractivity contribution >= 4 is 38.9 Å². The van der Waals surface area contributed by atoms with Crippen molar-refractivity contribution in [3.63, 3.8) is 0 Å². The number of rotatable bonds is 6. The van der Waals surface area contributed by atoms with Gasteiger partial charge in [-0.15, -0.1) is 0 Å².